The van der Waals surface area contributed by atoms with Crippen LogP contribution in [0.4, 0.5) is 5.69 Å². The predicted octanol–water partition coefficient (Wildman–Crippen LogP) is 1.79. The number of carbonyl (C=O) groups excluding carboxylic acids is 1. The first-order valence-electron chi connectivity index (χ1n) is 6.35. The van der Waals surface area contributed by atoms with Gasteiger partial charge in [-0.15, -0.1) is 0 Å². The summed E-state index contributed by atoms with van der Waals surface area (Å²) in [7, 11) is 0. The molecule has 1 fully saturated rings. The van der Waals surface area contributed by atoms with Crippen molar-refractivity contribution in [3.8, 4) is 6.07 Å². The Morgan fingerprint density at radius 3 is 2.89 bits per heavy atom. The fourth-order valence-electron chi connectivity index (χ4n) is 1.98. The Labute approximate surface area is 117 Å². The highest BCUT2D eigenvalue weighted by atomic mass is 32.2. The van der Waals surface area contributed by atoms with Gasteiger partial charge in [0, 0.05) is 36.2 Å². The van der Waals surface area contributed by atoms with E-state index >= 15 is 0 Å². The van der Waals surface area contributed by atoms with E-state index in [1.807, 2.05) is 36.0 Å². The van der Waals surface area contributed by atoms with Crippen LogP contribution in [0.3, 0.4) is 0 Å². The van der Waals surface area contributed by atoms with Crippen LogP contribution in [0.2, 0.25) is 0 Å². The smallest absolute Gasteiger partial charge is 0.225 e. The van der Waals surface area contributed by atoms with Gasteiger partial charge in [0.05, 0.1) is 12.5 Å². The number of thioether (sulfide) groups is 1. The first-order valence-corrected chi connectivity index (χ1v) is 7.50. The lowest BCUT2D eigenvalue weighted by Gasteiger charge is -2.22. The summed E-state index contributed by atoms with van der Waals surface area (Å²) >= 11 is 1.89. The van der Waals surface area contributed by atoms with E-state index in [1.54, 1.807) is 0 Å². The zero-order valence-corrected chi connectivity index (χ0v) is 11.5. The van der Waals surface area contributed by atoms with Crippen LogP contribution in [-0.2, 0) is 11.2 Å². The summed E-state index contributed by atoms with van der Waals surface area (Å²) in [5, 5.41) is 14.8. The third-order valence-corrected chi connectivity index (χ3v) is 4.08. The Morgan fingerprint density at radius 1 is 1.47 bits per heavy atom. The Bertz CT molecular complexity index is 461. The maximum atomic E-state index is 11.9. The average molecular weight is 275 g/mol. The lowest BCUT2D eigenvalue weighted by atomic mass is 10.1. The van der Waals surface area contributed by atoms with Gasteiger partial charge in [-0.3, -0.25) is 4.79 Å². The summed E-state index contributed by atoms with van der Waals surface area (Å²) < 4.78 is 0. The molecule has 0 saturated carbocycles. The molecule has 1 atom stereocenters. The molecule has 1 unspecified atom stereocenters. The lowest BCUT2D eigenvalue weighted by Crippen LogP contribution is -2.39. The molecule has 5 heteroatoms. The van der Waals surface area contributed by atoms with Crippen molar-refractivity contribution in [1.82, 2.24) is 5.32 Å². The summed E-state index contributed by atoms with van der Waals surface area (Å²) in [5.74, 6) is 2.15. The highest BCUT2D eigenvalue weighted by Gasteiger charge is 2.16. The second-order valence-electron chi connectivity index (χ2n) is 4.51. The van der Waals surface area contributed by atoms with Crippen LogP contribution in [-0.4, -0.2) is 30.0 Å². The normalized spacial score (nSPS) is 18.6. The molecular weight excluding hydrogens is 258 g/mol. The van der Waals surface area contributed by atoms with Crippen molar-refractivity contribution in [2.75, 3.05) is 23.4 Å². The van der Waals surface area contributed by atoms with Gasteiger partial charge in [0.25, 0.3) is 0 Å². The molecule has 1 aliphatic heterocycles. The number of rotatable bonds is 4. The van der Waals surface area contributed by atoms with Gasteiger partial charge in [-0.05, 0) is 17.7 Å². The zero-order valence-electron chi connectivity index (χ0n) is 10.7. The second-order valence-corrected chi connectivity index (χ2v) is 5.66. The SMILES string of the molecule is N#CCc1ccc(NC(=O)CC2CSCCN2)cc1. The van der Waals surface area contributed by atoms with Gasteiger partial charge in [-0.1, -0.05) is 12.1 Å². The van der Waals surface area contributed by atoms with Crippen LogP contribution in [0.5, 0.6) is 0 Å². The molecule has 1 aliphatic rings. The molecule has 100 valence electrons. The molecule has 4 nitrogen and oxygen atoms in total. The van der Waals surface area contributed by atoms with E-state index in [1.165, 1.54) is 0 Å². The topological polar surface area (TPSA) is 64.9 Å². The van der Waals surface area contributed by atoms with E-state index in [0.717, 1.165) is 29.3 Å². The second kappa shape index (κ2) is 7.17. The Kier molecular flexibility index (Phi) is 5.25. The standard InChI is InChI=1S/C14H17N3OS/c15-6-5-11-1-3-12(4-2-11)17-14(18)9-13-10-19-8-7-16-13/h1-4,13,16H,5,7-10H2,(H,17,18). The van der Waals surface area contributed by atoms with Crippen LogP contribution in [0.25, 0.3) is 0 Å². The molecule has 0 bridgehead atoms. The van der Waals surface area contributed by atoms with Gasteiger partial charge in [-0.2, -0.15) is 17.0 Å². The Morgan fingerprint density at radius 2 is 2.26 bits per heavy atom. The van der Waals surface area contributed by atoms with Crippen molar-refractivity contribution in [3.63, 3.8) is 0 Å². The fourth-order valence-corrected chi connectivity index (χ4v) is 2.93. The Balaban J connectivity index is 1.82. The summed E-state index contributed by atoms with van der Waals surface area (Å²) in [6.45, 7) is 0.978. The molecule has 19 heavy (non-hydrogen) atoms. The van der Waals surface area contributed by atoms with Crippen molar-refractivity contribution < 1.29 is 4.79 Å². The number of anilines is 1. The number of nitrogens with zero attached hydrogens (tertiary/aromatic N) is 1. The quantitative estimate of drug-likeness (QED) is 0.879. The van der Waals surface area contributed by atoms with E-state index in [0.29, 0.717) is 12.8 Å². The zero-order chi connectivity index (χ0) is 13.5. The molecule has 0 spiro atoms. The molecule has 1 aromatic carbocycles. The highest BCUT2D eigenvalue weighted by Crippen LogP contribution is 2.13. The summed E-state index contributed by atoms with van der Waals surface area (Å²) in [5.41, 5.74) is 1.75. The number of nitriles is 1. The summed E-state index contributed by atoms with van der Waals surface area (Å²) in [6, 6.07) is 9.79. The van der Waals surface area contributed by atoms with E-state index in [2.05, 4.69) is 16.7 Å². The largest absolute Gasteiger partial charge is 0.326 e. The first-order chi connectivity index (χ1) is 9.28. The molecule has 2 N–H and O–H groups in total. The highest BCUT2D eigenvalue weighted by molar-refractivity contribution is 7.99. The van der Waals surface area contributed by atoms with Crippen molar-refractivity contribution in [2.24, 2.45) is 0 Å². The number of amides is 1. The van der Waals surface area contributed by atoms with E-state index in [9.17, 15) is 4.79 Å². The fraction of sp³-hybridized carbons (Fsp3) is 0.429. The number of carbonyl (C=O) groups is 1. The van der Waals surface area contributed by atoms with Crippen LogP contribution in [0.15, 0.2) is 24.3 Å². The number of benzene rings is 1. The Hall–Kier alpha value is -1.51. The predicted molar refractivity (Wildman–Crippen MR) is 78.1 cm³/mol. The van der Waals surface area contributed by atoms with Crippen LogP contribution in [0, 0.1) is 11.3 Å². The summed E-state index contributed by atoms with van der Waals surface area (Å²) in [4.78, 5) is 11.9. The maximum absolute atomic E-state index is 11.9. The van der Waals surface area contributed by atoms with E-state index < -0.39 is 0 Å². The van der Waals surface area contributed by atoms with E-state index in [-0.39, 0.29) is 11.9 Å². The molecule has 0 radical (unpaired) electrons. The van der Waals surface area contributed by atoms with Gasteiger partial charge in [0.15, 0.2) is 0 Å². The van der Waals surface area contributed by atoms with Crippen LogP contribution >= 0.6 is 11.8 Å². The lowest BCUT2D eigenvalue weighted by molar-refractivity contribution is -0.116. The van der Waals surface area contributed by atoms with Crippen molar-refractivity contribution in [1.29, 1.82) is 5.26 Å². The van der Waals surface area contributed by atoms with Crippen LogP contribution < -0.4 is 10.6 Å². The summed E-state index contributed by atoms with van der Waals surface area (Å²) in [6.07, 6.45) is 0.907. The molecule has 1 aromatic rings. The van der Waals surface area contributed by atoms with Crippen molar-refractivity contribution in [3.05, 3.63) is 29.8 Å². The number of hydrogen-bond acceptors (Lipinski definition) is 4. The van der Waals surface area contributed by atoms with Crippen LogP contribution in [0.1, 0.15) is 12.0 Å². The third-order valence-electron chi connectivity index (χ3n) is 2.95. The van der Waals surface area contributed by atoms with Gasteiger partial charge in [0.1, 0.15) is 0 Å². The van der Waals surface area contributed by atoms with Gasteiger partial charge in [0.2, 0.25) is 5.91 Å². The minimum atomic E-state index is 0.0352. The molecule has 2 rings (SSSR count). The maximum Gasteiger partial charge on any atom is 0.225 e. The molecular formula is C14H17N3OS. The van der Waals surface area contributed by atoms with Crippen molar-refractivity contribution >= 4 is 23.4 Å². The molecule has 1 amide bonds. The van der Waals surface area contributed by atoms with E-state index in [4.69, 9.17) is 5.26 Å². The van der Waals surface area contributed by atoms with Gasteiger partial charge in [-0.25, -0.2) is 0 Å². The molecule has 1 saturated heterocycles. The number of nitrogens with one attached hydrogen (secondary N) is 2. The molecule has 0 aromatic heterocycles. The number of hydrogen-bond donors (Lipinski definition) is 2. The minimum absolute atomic E-state index is 0.0352. The monoisotopic (exact) mass is 275 g/mol. The van der Waals surface area contributed by atoms with Crippen molar-refractivity contribution in [2.45, 2.75) is 18.9 Å². The van der Waals surface area contributed by atoms with Gasteiger partial charge < -0.3 is 10.6 Å². The molecule has 0 aliphatic carbocycles. The van der Waals surface area contributed by atoms with Gasteiger partial charge >= 0.3 is 0 Å². The third kappa shape index (κ3) is 4.58. The first kappa shape index (κ1) is 13.9. The molecule has 1 heterocycles. The minimum Gasteiger partial charge on any atom is -0.326 e. The average Bonchev–Trinajstić information content (AvgIpc) is 2.42.